The molecule has 0 aliphatic carbocycles. The molecule has 3 rings (SSSR count). The molecule has 3 aromatic rings. The van der Waals surface area contributed by atoms with Gasteiger partial charge in [-0.3, -0.25) is 4.79 Å². The number of rotatable bonds is 7. The van der Waals surface area contributed by atoms with Crippen molar-refractivity contribution in [2.24, 2.45) is 0 Å². The molecule has 27 heavy (non-hydrogen) atoms. The van der Waals surface area contributed by atoms with Gasteiger partial charge in [-0.2, -0.15) is 0 Å². The Kier molecular flexibility index (Phi) is 6.36. The smallest absolute Gasteiger partial charge is 0.338 e. The number of esters is 1. The van der Waals surface area contributed by atoms with Gasteiger partial charge in [0.1, 0.15) is 6.61 Å². The zero-order valence-electron chi connectivity index (χ0n) is 14.9. The molecule has 0 heterocycles. The van der Waals surface area contributed by atoms with Gasteiger partial charge >= 0.3 is 5.97 Å². The van der Waals surface area contributed by atoms with Gasteiger partial charge in [0.25, 0.3) is 5.91 Å². The first-order valence-electron chi connectivity index (χ1n) is 8.84. The molecule has 3 aromatic carbocycles. The molecule has 0 aliphatic heterocycles. The van der Waals surface area contributed by atoms with Gasteiger partial charge in [-0.05, 0) is 36.2 Å². The van der Waals surface area contributed by atoms with Crippen molar-refractivity contribution in [1.82, 2.24) is 5.32 Å². The van der Waals surface area contributed by atoms with Crippen LogP contribution in [0, 0.1) is 0 Å². The van der Waals surface area contributed by atoms with E-state index in [1.807, 2.05) is 54.6 Å². The summed E-state index contributed by atoms with van der Waals surface area (Å²) in [6.45, 7) is 0.0984. The van der Waals surface area contributed by atoms with Crippen molar-refractivity contribution in [2.75, 3.05) is 6.61 Å². The van der Waals surface area contributed by atoms with E-state index in [-0.39, 0.29) is 18.6 Å². The number of amides is 1. The van der Waals surface area contributed by atoms with Crippen LogP contribution in [0.4, 0.5) is 0 Å². The number of hydrogen-bond donors (Lipinski definition) is 1. The largest absolute Gasteiger partial charge is 0.460 e. The molecule has 0 unspecified atom stereocenters. The van der Waals surface area contributed by atoms with Crippen molar-refractivity contribution in [2.45, 2.75) is 12.5 Å². The van der Waals surface area contributed by atoms with E-state index >= 15 is 0 Å². The molecule has 0 radical (unpaired) electrons. The number of nitrogens with one attached hydrogen (secondary N) is 1. The van der Waals surface area contributed by atoms with E-state index in [0.29, 0.717) is 17.5 Å². The minimum Gasteiger partial charge on any atom is -0.460 e. The van der Waals surface area contributed by atoms with E-state index in [1.54, 1.807) is 36.4 Å². The summed E-state index contributed by atoms with van der Waals surface area (Å²) < 4.78 is 5.45. The number of hydrogen-bond acceptors (Lipinski definition) is 3. The highest BCUT2D eigenvalue weighted by atomic mass is 16.5. The third kappa shape index (κ3) is 5.54. The molecular weight excluding hydrogens is 338 g/mol. The predicted molar refractivity (Wildman–Crippen MR) is 105 cm³/mol. The lowest BCUT2D eigenvalue weighted by atomic mass is 10.1. The molecule has 0 saturated carbocycles. The minimum absolute atomic E-state index is 0.0984. The van der Waals surface area contributed by atoms with Crippen LogP contribution in [0.15, 0.2) is 91.0 Å². The Hall–Kier alpha value is -3.40. The first-order valence-corrected chi connectivity index (χ1v) is 8.84. The first kappa shape index (κ1) is 18.4. The van der Waals surface area contributed by atoms with Gasteiger partial charge in [0, 0.05) is 5.56 Å². The monoisotopic (exact) mass is 359 g/mol. The van der Waals surface area contributed by atoms with Crippen LogP contribution in [0.3, 0.4) is 0 Å². The number of benzene rings is 3. The molecule has 1 amide bonds. The summed E-state index contributed by atoms with van der Waals surface area (Å²) in [4.78, 5) is 24.7. The molecule has 0 saturated heterocycles. The molecular formula is C23H21NO3. The van der Waals surface area contributed by atoms with Gasteiger partial charge < -0.3 is 10.1 Å². The zero-order chi connectivity index (χ0) is 18.9. The van der Waals surface area contributed by atoms with Crippen LogP contribution in [0.1, 0.15) is 26.3 Å². The Morgan fingerprint density at radius 2 is 1.26 bits per heavy atom. The normalized spacial score (nSPS) is 11.4. The maximum atomic E-state index is 12.5. The van der Waals surface area contributed by atoms with Crippen LogP contribution < -0.4 is 5.32 Å². The third-order valence-electron chi connectivity index (χ3n) is 4.12. The van der Waals surface area contributed by atoms with Gasteiger partial charge in [0.05, 0.1) is 11.6 Å². The summed E-state index contributed by atoms with van der Waals surface area (Å²) in [5.41, 5.74) is 2.13. The van der Waals surface area contributed by atoms with Crippen LogP contribution in [-0.2, 0) is 11.2 Å². The summed E-state index contributed by atoms with van der Waals surface area (Å²) in [5, 5.41) is 2.97. The Labute approximate surface area is 158 Å². The highest BCUT2D eigenvalue weighted by Gasteiger charge is 2.17. The van der Waals surface area contributed by atoms with Crippen molar-refractivity contribution in [1.29, 1.82) is 0 Å². The van der Waals surface area contributed by atoms with E-state index < -0.39 is 5.97 Å². The molecule has 0 aliphatic rings. The maximum absolute atomic E-state index is 12.5. The SMILES string of the molecule is O=C(N[C@H](COC(=O)c1ccccc1)Cc1ccccc1)c1ccccc1. The van der Waals surface area contributed by atoms with Gasteiger partial charge in [-0.15, -0.1) is 0 Å². The molecule has 0 spiro atoms. The lowest BCUT2D eigenvalue weighted by Crippen LogP contribution is -2.40. The Bertz CT molecular complexity index is 864. The maximum Gasteiger partial charge on any atom is 0.338 e. The van der Waals surface area contributed by atoms with E-state index in [9.17, 15) is 9.59 Å². The Morgan fingerprint density at radius 1 is 0.741 bits per heavy atom. The Balaban J connectivity index is 1.67. The average molecular weight is 359 g/mol. The highest BCUT2D eigenvalue weighted by Crippen LogP contribution is 2.08. The second kappa shape index (κ2) is 9.34. The number of carbonyl (C=O) groups is 2. The molecule has 1 atom stereocenters. The lowest BCUT2D eigenvalue weighted by molar-refractivity contribution is 0.0456. The van der Waals surface area contributed by atoms with Crippen molar-refractivity contribution < 1.29 is 14.3 Å². The molecule has 4 heteroatoms. The lowest BCUT2D eigenvalue weighted by Gasteiger charge is -2.19. The summed E-state index contributed by atoms with van der Waals surface area (Å²) in [6.07, 6.45) is 0.571. The van der Waals surface area contributed by atoms with Crippen molar-refractivity contribution in [3.63, 3.8) is 0 Å². The predicted octanol–water partition coefficient (Wildman–Crippen LogP) is 3.88. The van der Waals surface area contributed by atoms with Crippen LogP contribution >= 0.6 is 0 Å². The zero-order valence-corrected chi connectivity index (χ0v) is 14.9. The summed E-state index contributed by atoms with van der Waals surface area (Å²) in [5.74, 6) is -0.588. The van der Waals surface area contributed by atoms with Gasteiger partial charge in [-0.1, -0.05) is 66.7 Å². The topological polar surface area (TPSA) is 55.4 Å². The fraction of sp³-hybridized carbons (Fsp3) is 0.130. The fourth-order valence-electron chi connectivity index (χ4n) is 2.74. The third-order valence-corrected chi connectivity index (χ3v) is 4.12. The molecule has 0 bridgehead atoms. The van der Waals surface area contributed by atoms with Crippen molar-refractivity contribution in [3.8, 4) is 0 Å². The van der Waals surface area contributed by atoms with E-state index in [1.165, 1.54) is 0 Å². The van der Waals surface area contributed by atoms with Crippen molar-refractivity contribution in [3.05, 3.63) is 108 Å². The van der Waals surface area contributed by atoms with Crippen LogP contribution in [-0.4, -0.2) is 24.5 Å². The van der Waals surface area contributed by atoms with Gasteiger partial charge in [0.2, 0.25) is 0 Å². The molecule has 1 N–H and O–H groups in total. The summed E-state index contributed by atoms with van der Waals surface area (Å²) in [7, 11) is 0. The van der Waals surface area contributed by atoms with Crippen molar-refractivity contribution >= 4 is 11.9 Å². The molecule has 4 nitrogen and oxygen atoms in total. The molecule has 0 fully saturated rings. The van der Waals surface area contributed by atoms with E-state index in [2.05, 4.69) is 5.32 Å². The summed E-state index contributed by atoms with van der Waals surface area (Å²) >= 11 is 0. The fourth-order valence-corrected chi connectivity index (χ4v) is 2.74. The van der Waals surface area contributed by atoms with Gasteiger partial charge in [0.15, 0.2) is 0 Å². The second-order valence-corrected chi connectivity index (χ2v) is 6.19. The van der Waals surface area contributed by atoms with Gasteiger partial charge in [-0.25, -0.2) is 4.79 Å². The quantitative estimate of drug-likeness (QED) is 0.651. The molecule has 0 aromatic heterocycles. The van der Waals surface area contributed by atoms with E-state index in [0.717, 1.165) is 5.56 Å². The Morgan fingerprint density at radius 3 is 1.85 bits per heavy atom. The molecule has 136 valence electrons. The average Bonchev–Trinajstić information content (AvgIpc) is 2.73. The number of carbonyl (C=O) groups excluding carboxylic acids is 2. The standard InChI is InChI=1S/C23H21NO3/c25-22(19-12-6-2-7-13-19)24-21(16-18-10-4-1-5-11-18)17-27-23(26)20-14-8-3-9-15-20/h1-15,21H,16-17H2,(H,24,25)/t21-/m0/s1. The second-order valence-electron chi connectivity index (χ2n) is 6.19. The minimum atomic E-state index is -0.400. The van der Waals surface area contributed by atoms with Crippen LogP contribution in [0.5, 0.6) is 0 Å². The van der Waals surface area contributed by atoms with E-state index in [4.69, 9.17) is 4.74 Å². The summed E-state index contributed by atoms with van der Waals surface area (Å²) in [6, 6.07) is 27.3. The van der Waals surface area contributed by atoms with Crippen LogP contribution in [0.2, 0.25) is 0 Å². The number of ether oxygens (including phenoxy) is 1. The first-order chi connectivity index (χ1) is 13.2. The van der Waals surface area contributed by atoms with Crippen LogP contribution in [0.25, 0.3) is 0 Å². The highest BCUT2D eigenvalue weighted by molar-refractivity contribution is 5.94.